The number of carbonyl (C=O) groups is 1. The molecule has 1 fully saturated rings. The number of imidazole rings is 1. The molecule has 1 aliphatic carbocycles. The maximum atomic E-state index is 12.0. The van der Waals surface area contributed by atoms with E-state index >= 15 is 0 Å². The maximum absolute atomic E-state index is 12.0. The topological polar surface area (TPSA) is 34.9 Å². The monoisotopic (exact) mass is 246 g/mol. The van der Waals surface area contributed by atoms with Crippen LogP contribution >= 0.6 is 0 Å². The lowest BCUT2D eigenvalue weighted by molar-refractivity contribution is -0.114. The second kappa shape index (κ2) is 6.53. The summed E-state index contributed by atoms with van der Waals surface area (Å²) in [4.78, 5) is 16.3. The summed E-state index contributed by atoms with van der Waals surface area (Å²) in [5.74, 6) is 1.10. The Kier molecular flexibility index (Phi) is 4.73. The van der Waals surface area contributed by atoms with Crippen molar-refractivity contribution in [2.75, 3.05) is 0 Å². The van der Waals surface area contributed by atoms with Crippen LogP contribution in [0.2, 0.25) is 0 Å². The van der Waals surface area contributed by atoms with Gasteiger partial charge in [-0.15, -0.1) is 0 Å². The predicted molar refractivity (Wildman–Crippen MR) is 72.4 cm³/mol. The number of allylic oxidation sites excluding steroid dienone is 2. The van der Waals surface area contributed by atoms with E-state index in [2.05, 4.69) is 16.5 Å². The molecule has 18 heavy (non-hydrogen) atoms. The Morgan fingerprint density at radius 1 is 1.39 bits per heavy atom. The zero-order chi connectivity index (χ0) is 12.8. The molecule has 0 saturated heterocycles. The molecule has 2 rings (SSSR count). The van der Waals surface area contributed by atoms with Crippen LogP contribution in [-0.4, -0.2) is 15.3 Å². The summed E-state index contributed by atoms with van der Waals surface area (Å²) in [5.41, 5.74) is 1.33. The van der Waals surface area contributed by atoms with E-state index in [9.17, 15) is 4.79 Å². The number of aromatic nitrogens is 2. The molecule has 0 amide bonds. The van der Waals surface area contributed by atoms with Gasteiger partial charge < -0.3 is 4.57 Å². The Balaban J connectivity index is 1.95. The summed E-state index contributed by atoms with van der Waals surface area (Å²) in [5, 5.41) is 0. The number of hydrogen-bond acceptors (Lipinski definition) is 2. The summed E-state index contributed by atoms with van der Waals surface area (Å²) in [6.07, 6.45) is 13.1. The third-order valence-electron chi connectivity index (χ3n) is 3.46. The number of rotatable bonds is 5. The molecule has 0 N–H and O–H groups in total. The largest absolute Gasteiger partial charge is 0.335 e. The number of nitrogens with zero attached hydrogens (tertiary/aromatic N) is 2. The van der Waals surface area contributed by atoms with Crippen molar-refractivity contribution in [3.05, 3.63) is 29.9 Å². The molecule has 3 heteroatoms. The van der Waals surface area contributed by atoms with Gasteiger partial charge in [-0.2, -0.15) is 0 Å². The minimum absolute atomic E-state index is 0.204. The molecule has 1 aromatic heterocycles. The van der Waals surface area contributed by atoms with Crippen molar-refractivity contribution in [2.24, 2.45) is 0 Å². The van der Waals surface area contributed by atoms with E-state index in [0.717, 1.165) is 31.6 Å². The molecule has 0 unspecified atom stereocenters. The quantitative estimate of drug-likeness (QED) is 0.747. The summed E-state index contributed by atoms with van der Waals surface area (Å²) >= 11 is 0. The van der Waals surface area contributed by atoms with Gasteiger partial charge in [-0.1, -0.05) is 18.9 Å². The first kappa shape index (κ1) is 13.1. The Labute approximate surface area is 109 Å². The Bertz CT molecular complexity index is 423. The number of aryl methyl sites for hydroxylation is 1. The lowest BCUT2D eigenvalue weighted by Crippen LogP contribution is -2.09. The van der Waals surface area contributed by atoms with Crippen LogP contribution in [0.4, 0.5) is 0 Å². The summed E-state index contributed by atoms with van der Waals surface area (Å²) in [7, 11) is 0. The highest BCUT2D eigenvalue weighted by molar-refractivity contribution is 5.91. The van der Waals surface area contributed by atoms with Gasteiger partial charge in [0.25, 0.3) is 0 Å². The fourth-order valence-corrected chi connectivity index (χ4v) is 2.54. The second-order valence-electron chi connectivity index (χ2n) is 5.04. The summed E-state index contributed by atoms with van der Waals surface area (Å²) in [6, 6.07) is 0. The molecular weight excluding hydrogens is 224 g/mol. The lowest BCUT2D eigenvalue weighted by Gasteiger charge is -2.13. The van der Waals surface area contributed by atoms with Crippen LogP contribution in [-0.2, 0) is 17.8 Å². The first-order valence-electron chi connectivity index (χ1n) is 7.02. The highest BCUT2D eigenvalue weighted by atomic mass is 16.1. The molecule has 1 saturated carbocycles. The van der Waals surface area contributed by atoms with Gasteiger partial charge in [0.05, 0.1) is 6.42 Å². The van der Waals surface area contributed by atoms with Crippen molar-refractivity contribution in [1.29, 1.82) is 0 Å². The van der Waals surface area contributed by atoms with E-state index in [1.54, 1.807) is 6.20 Å². The zero-order valence-electron chi connectivity index (χ0n) is 11.2. The van der Waals surface area contributed by atoms with Gasteiger partial charge in [0, 0.05) is 18.9 Å². The van der Waals surface area contributed by atoms with E-state index in [1.807, 2.05) is 12.3 Å². The van der Waals surface area contributed by atoms with Gasteiger partial charge in [0.1, 0.15) is 5.82 Å². The number of carbonyl (C=O) groups excluding carboxylic acids is 1. The maximum Gasteiger partial charge on any atom is 0.163 e. The van der Waals surface area contributed by atoms with Crippen LogP contribution in [0.3, 0.4) is 0 Å². The van der Waals surface area contributed by atoms with Gasteiger partial charge in [0.2, 0.25) is 0 Å². The molecule has 3 nitrogen and oxygen atoms in total. The number of ketones is 1. The molecule has 0 radical (unpaired) electrons. The van der Waals surface area contributed by atoms with E-state index in [1.165, 1.54) is 24.8 Å². The Morgan fingerprint density at radius 2 is 2.17 bits per heavy atom. The lowest BCUT2D eigenvalue weighted by atomic mass is 9.94. The van der Waals surface area contributed by atoms with E-state index in [4.69, 9.17) is 0 Å². The molecule has 0 spiro atoms. The Morgan fingerprint density at radius 3 is 2.89 bits per heavy atom. The fourth-order valence-electron chi connectivity index (χ4n) is 2.54. The van der Waals surface area contributed by atoms with Crippen LogP contribution in [0.5, 0.6) is 0 Å². The SMILES string of the molecule is CCCn1ccnc1CC(=O)C=C1CCCCC1. The molecule has 0 aliphatic heterocycles. The summed E-state index contributed by atoms with van der Waals surface area (Å²) in [6.45, 7) is 3.08. The van der Waals surface area contributed by atoms with Crippen molar-refractivity contribution in [3.8, 4) is 0 Å². The van der Waals surface area contributed by atoms with Gasteiger partial charge in [0.15, 0.2) is 5.78 Å². The highest BCUT2D eigenvalue weighted by Crippen LogP contribution is 2.22. The molecule has 0 aromatic carbocycles. The fraction of sp³-hybridized carbons (Fsp3) is 0.600. The van der Waals surface area contributed by atoms with Gasteiger partial charge in [-0.05, 0) is 38.2 Å². The molecule has 0 atom stereocenters. The standard InChI is InChI=1S/C15H22N2O/c1-2-9-17-10-8-16-15(17)12-14(18)11-13-6-4-3-5-7-13/h8,10-11H,2-7,9,12H2,1H3. The summed E-state index contributed by atoms with van der Waals surface area (Å²) < 4.78 is 2.08. The molecule has 0 bridgehead atoms. The van der Waals surface area contributed by atoms with Crippen LogP contribution in [0, 0.1) is 0 Å². The van der Waals surface area contributed by atoms with Crippen molar-refractivity contribution in [2.45, 2.75) is 58.4 Å². The van der Waals surface area contributed by atoms with E-state index in [0.29, 0.717) is 6.42 Å². The van der Waals surface area contributed by atoms with Crippen LogP contribution in [0.25, 0.3) is 0 Å². The number of hydrogen-bond donors (Lipinski definition) is 0. The zero-order valence-corrected chi connectivity index (χ0v) is 11.2. The van der Waals surface area contributed by atoms with Crippen LogP contribution in [0.1, 0.15) is 51.3 Å². The molecular formula is C15H22N2O. The molecule has 1 aliphatic rings. The van der Waals surface area contributed by atoms with Crippen molar-refractivity contribution < 1.29 is 4.79 Å². The molecule has 1 aromatic rings. The normalized spacial score (nSPS) is 15.7. The van der Waals surface area contributed by atoms with Gasteiger partial charge in [-0.3, -0.25) is 4.79 Å². The average molecular weight is 246 g/mol. The van der Waals surface area contributed by atoms with E-state index < -0.39 is 0 Å². The van der Waals surface area contributed by atoms with Gasteiger partial charge >= 0.3 is 0 Å². The van der Waals surface area contributed by atoms with E-state index in [-0.39, 0.29) is 5.78 Å². The van der Waals surface area contributed by atoms with Crippen molar-refractivity contribution in [3.63, 3.8) is 0 Å². The minimum atomic E-state index is 0.204. The Hall–Kier alpha value is -1.38. The van der Waals surface area contributed by atoms with Crippen molar-refractivity contribution in [1.82, 2.24) is 9.55 Å². The molecule has 98 valence electrons. The first-order valence-corrected chi connectivity index (χ1v) is 7.02. The average Bonchev–Trinajstić information content (AvgIpc) is 2.78. The highest BCUT2D eigenvalue weighted by Gasteiger charge is 2.10. The second-order valence-corrected chi connectivity index (χ2v) is 5.04. The predicted octanol–water partition coefficient (Wildman–Crippen LogP) is 3.30. The van der Waals surface area contributed by atoms with Crippen LogP contribution < -0.4 is 0 Å². The molecule has 1 heterocycles. The minimum Gasteiger partial charge on any atom is -0.335 e. The van der Waals surface area contributed by atoms with Gasteiger partial charge in [-0.25, -0.2) is 4.98 Å². The third kappa shape index (κ3) is 3.56. The smallest absolute Gasteiger partial charge is 0.163 e. The first-order chi connectivity index (χ1) is 8.79. The van der Waals surface area contributed by atoms with Crippen LogP contribution in [0.15, 0.2) is 24.0 Å². The van der Waals surface area contributed by atoms with Crippen molar-refractivity contribution >= 4 is 5.78 Å². The third-order valence-corrected chi connectivity index (χ3v) is 3.46.